The van der Waals surface area contributed by atoms with Crippen LogP contribution in [0, 0.1) is 0 Å². The summed E-state index contributed by atoms with van der Waals surface area (Å²) in [6.07, 6.45) is 4.91. The van der Waals surface area contributed by atoms with Gasteiger partial charge in [-0.2, -0.15) is 0 Å². The van der Waals surface area contributed by atoms with Gasteiger partial charge in [0, 0.05) is 17.6 Å². The fourth-order valence-corrected chi connectivity index (χ4v) is 2.78. The summed E-state index contributed by atoms with van der Waals surface area (Å²) < 4.78 is 5.73. The van der Waals surface area contributed by atoms with Gasteiger partial charge in [-0.05, 0) is 70.1 Å². The van der Waals surface area contributed by atoms with Crippen molar-refractivity contribution in [1.82, 2.24) is 10.2 Å². The van der Waals surface area contributed by atoms with Crippen molar-refractivity contribution < 1.29 is 4.74 Å². The van der Waals surface area contributed by atoms with Gasteiger partial charge in [0.2, 0.25) is 0 Å². The minimum Gasteiger partial charge on any atom is -0.494 e. The van der Waals surface area contributed by atoms with E-state index in [4.69, 9.17) is 16.3 Å². The maximum absolute atomic E-state index is 5.85. The predicted octanol–water partition coefficient (Wildman–Crippen LogP) is 3.18. The van der Waals surface area contributed by atoms with Crippen molar-refractivity contribution in [3.8, 4) is 5.75 Å². The fraction of sp³-hybridized carbons (Fsp3) is 0.625. The van der Waals surface area contributed by atoms with Gasteiger partial charge >= 0.3 is 0 Å². The number of benzene rings is 1. The summed E-state index contributed by atoms with van der Waals surface area (Å²) >= 11 is 5.85. The zero-order valence-electron chi connectivity index (χ0n) is 12.3. The van der Waals surface area contributed by atoms with Gasteiger partial charge in [0.05, 0.1) is 6.61 Å². The molecule has 1 N–H and O–H groups in total. The number of hydrogen-bond donors (Lipinski definition) is 1. The average Bonchev–Trinajstić information content (AvgIpc) is 2.74. The first-order chi connectivity index (χ1) is 9.75. The third-order valence-electron chi connectivity index (χ3n) is 3.91. The Labute approximate surface area is 127 Å². The van der Waals surface area contributed by atoms with Gasteiger partial charge in [0.15, 0.2) is 0 Å². The molecule has 0 spiro atoms. The van der Waals surface area contributed by atoms with Gasteiger partial charge in [-0.3, -0.25) is 0 Å². The highest BCUT2D eigenvalue weighted by Gasteiger charge is 2.15. The molecule has 1 unspecified atom stereocenters. The molecule has 0 amide bonds. The van der Waals surface area contributed by atoms with E-state index < -0.39 is 0 Å². The third kappa shape index (κ3) is 5.31. The van der Waals surface area contributed by atoms with Crippen LogP contribution in [0.25, 0.3) is 0 Å². The van der Waals surface area contributed by atoms with Crippen LogP contribution < -0.4 is 10.1 Å². The molecule has 1 aliphatic heterocycles. The fourth-order valence-electron chi connectivity index (χ4n) is 2.66. The monoisotopic (exact) mass is 296 g/mol. The molecule has 20 heavy (non-hydrogen) atoms. The number of halogens is 1. The smallest absolute Gasteiger partial charge is 0.119 e. The molecule has 1 fully saturated rings. The molecule has 2 rings (SSSR count). The lowest BCUT2D eigenvalue weighted by Crippen LogP contribution is -2.33. The highest BCUT2D eigenvalue weighted by molar-refractivity contribution is 6.30. The number of rotatable bonds is 6. The van der Waals surface area contributed by atoms with E-state index in [1.54, 1.807) is 0 Å². The standard InChI is InChI=1S/C16H25ClN2O/c1-19(15-4-2-10-18-11-9-15)12-3-13-20-16-7-5-14(17)6-8-16/h5-8,15,18H,2-4,9-13H2,1H3. The van der Waals surface area contributed by atoms with E-state index in [2.05, 4.69) is 17.3 Å². The largest absolute Gasteiger partial charge is 0.494 e. The maximum atomic E-state index is 5.85. The second-order valence-electron chi connectivity index (χ2n) is 5.47. The van der Waals surface area contributed by atoms with Crippen LogP contribution in [0.4, 0.5) is 0 Å². The van der Waals surface area contributed by atoms with Crippen molar-refractivity contribution in [3.63, 3.8) is 0 Å². The second-order valence-corrected chi connectivity index (χ2v) is 5.91. The van der Waals surface area contributed by atoms with Crippen LogP contribution in [0.15, 0.2) is 24.3 Å². The summed E-state index contributed by atoms with van der Waals surface area (Å²) in [5.74, 6) is 0.899. The molecule has 0 aromatic heterocycles. The average molecular weight is 297 g/mol. The molecule has 1 heterocycles. The van der Waals surface area contributed by atoms with E-state index in [0.29, 0.717) is 0 Å². The Morgan fingerprint density at radius 3 is 2.85 bits per heavy atom. The topological polar surface area (TPSA) is 24.5 Å². The zero-order valence-corrected chi connectivity index (χ0v) is 13.0. The highest BCUT2D eigenvalue weighted by atomic mass is 35.5. The van der Waals surface area contributed by atoms with Gasteiger partial charge in [0.25, 0.3) is 0 Å². The molecule has 112 valence electrons. The molecule has 3 nitrogen and oxygen atoms in total. The quantitative estimate of drug-likeness (QED) is 0.816. The van der Waals surface area contributed by atoms with Crippen LogP contribution in [-0.4, -0.2) is 44.2 Å². The van der Waals surface area contributed by atoms with Crippen molar-refractivity contribution in [2.45, 2.75) is 31.7 Å². The molecule has 0 bridgehead atoms. The molecule has 1 saturated heterocycles. The van der Waals surface area contributed by atoms with Gasteiger partial charge in [-0.1, -0.05) is 11.6 Å². The van der Waals surface area contributed by atoms with E-state index in [1.807, 2.05) is 24.3 Å². The maximum Gasteiger partial charge on any atom is 0.119 e. The number of hydrogen-bond acceptors (Lipinski definition) is 3. The van der Waals surface area contributed by atoms with Crippen molar-refractivity contribution in [2.24, 2.45) is 0 Å². The van der Waals surface area contributed by atoms with Crippen LogP contribution in [0.1, 0.15) is 25.7 Å². The lowest BCUT2D eigenvalue weighted by molar-refractivity contribution is 0.202. The summed E-state index contributed by atoms with van der Waals surface area (Å²) in [6.45, 7) is 4.18. The predicted molar refractivity (Wildman–Crippen MR) is 84.7 cm³/mol. The Bertz CT molecular complexity index is 375. The van der Waals surface area contributed by atoms with Gasteiger partial charge < -0.3 is 15.0 Å². The van der Waals surface area contributed by atoms with Crippen molar-refractivity contribution >= 4 is 11.6 Å². The van der Waals surface area contributed by atoms with Crippen molar-refractivity contribution in [2.75, 3.05) is 33.3 Å². The van der Waals surface area contributed by atoms with Crippen molar-refractivity contribution in [1.29, 1.82) is 0 Å². The van der Waals surface area contributed by atoms with Gasteiger partial charge in [-0.15, -0.1) is 0 Å². The lowest BCUT2D eigenvalue weighted by atomic mass is 10.1. The molecule has 1 atom stereocenters. The Morgan fingerprint density at radius 1 is 1.25 bits per heavy atom. The molecule has 0 radical (unpaired) electrons. The van der Waals surface area contributed by atoms with E-state index in [0.717, 1.165) is 42.9 Å². The molecule has 0 aliphatic carbocycles. The molecule has 4 heteroatoms. The summed E-state index contributed by atoms with van der Waals surface area (Å²) in [5.41, 5.74) is 0. The Kier molecular flexibility index (Phi) is 6.64. The van der Waals surface area contributed by atoms with Crippen LogP contribution in [0.3, 0.4) is 0 Å². The first-order valence-corrected chi connectivity index (χ1v) is 7.93. The molecule has 0 saturated carbocycles. The summed E-state index contributed by atoms with van der Waals surface area (Å²) in [6, 6.07) is 8.29. The normalized spacial score (nSPS) is 19.9. The van der Waals surface area contributed by atoms with E-state index in [1.165, 1.54) is 25.8 Å². The number of nitrogens with one attached hydrogen (secondary N) is 1. The summed E-state index contributed by atoms with van der Waals surface area (Å²) in [5, 5.41) is 4.21. The van der Waals surface area contributed by atoms with Crippen molar-refractivity contribution in [3.05, 3.63) is 29.3 Å². The van der Waals surface area contributed by atoms with E-state index in [9.17, 15) is 0 Å². The first-order valence-electron chi connectivity index (χ1n) is 7.55. The molecular formula is C16H25ClN2O. The van der Waals surface area contributed by atoms with Crippen LogP contribution in [0.2, 0.25) is 5.02 Å². The minimum absolute atomic E-state index is 0.723. The highest BCUT2D eigenvalue weighted by Crippen LogP contribution is 2.16. The second kappa shape index (κ2) is 8.50. The molecule has 1 aromatic rings. The zero-order chi connectivity index (χ0) is 14.2. The Balaban J connectivity index is 1.63. The van der Waals surface area contributed by atoms with Crippen LogP contribution in [0.5, 0.6) is 5.75 Å². The summed E-state index contributed by atoms with van der Waals surface area (Å²) in [7, 11) is 2.23. The SMILES string of the molecule is CN(CCCOc1ccc(Cl)cc1)C1CCCNCC1. The van der Waals surface area contributed by atoms with Crippen LogP contribution >= 0.6 is 11.6 Å². The number of nitrogens with zero attached hydrogens (tertiary/aromatic N) is 1. The first kappa shape index (κ1) is 15.6. The third-order valence-corrected chi connectivity index (χ3v) is 4.16. The Hall–Kier alpha value is -0.770. The molecule has 1 aromatic carbocycles. The van der Waals surface area contributed by atoms with E-state index in [-0.39, 0.29) is 0 Å². The van der Waals surface area contributed by atoms with Crippen LogP contribution in [-0.2, 0) is 0 Å². The molecule has 1 aliphatic rings. The minimum atomic E-state index is 0.723. The van der Waals surface area contributed by atoms with Gasteiger partial charge in [0.1, 0.15) is 5.75 Å². The molecular weight excluding hydrogens is 272 g/mol. The lowest BCUT2D eigenvalue weighted by Gasteiger charge is -2.26. The van der Waals surface area contributed by atoms with E-state index >= 15 is 0 Å². The van der Waals surface area contributed by atoms with Gasteiger partial charge in [-0.25, -0.2) is 0 Å². The number of ether oxygens (including phenoxy) is 1. The summed E-state index contributed by atoms with van der Waals surface area (Å²) in [4.78, 5) is 2.48. The Morgan fingerprint density at radius 2 is 2.05 bits per heavy atom.